The van der Waals surface area contributed by atoms with Crippen LogP contribution in [0.1, 0.15) is 36.3 Å². The van der Waals surface area contributed by atoms with Crippen molar-refractivity contribution in [1.82, 2.24) is 20.3 Å². The monoisotopic (exact) mass is 194 g/mol. The average molecular weight is 194 g/mol. The molecule has 5 heteroatoms. The highest BCUT2D eigenvalue weighted by molar-refractivity contribution is 5.91. The van der Waals surface area contributed by atoms with Crippen molar-refractivity contribution >= 4 is 5.78 Å². The zero-order valence-electron chi connectivity index (χ0n) is 8.23. The van der Waals surface area contributed by atoms with Gasteiger partial charge in [-0.2, -0.15) is 0 Å². The van der Waals surface area contributed by atoms with E-state index in [1.54, 1.807) is 10.9 Å². The van der Waals surface area contributed by atoms with Gasteiger partial charge in [0.25, 0.3) is 0 Å². The van der Waals surface area contributed by atoms with E-state index in [-0.39, 0.29) is 5.78 Å². The van der Waals surface area contributed by atoms with Crippen molar-refractivity contribution in [2.24, 2.45) is 0 Å². The van der Waals surface area contributed by atoms with Crippen molar-refractivity contribution in [3.05, 3.63) is 11.9 Å². The van der Waals surface area contributed by atoms with Gasteiger partial charge in [0.1, 0.15) is 5.69 Å². The van der Waals surface area contributed by atoms with E-state index in [9.17, 15) is 4.79 Å². The molecule has 1 fully saturated rings. The average Bonchev–Trinajstić information content (AvgIpc) is 2.68. The third kappa shape index (κ3) is 1.82. The fraction of sp³-hybridized carbons (Fsp3) is 0.667. The molecular formula is C9H14N4O. The van der Waals surface area contributed by atoms with Crippen LogP contribution in [0.2, 0.25) is 0 Å². The Morgan fingerprint density at radius 3 is 3.14 bits per heavy atom. The summed E-state index contributed by atoms with van der Waals surface area (Å²) in [7, 11) is 0. The number of hydrogen-bond donors (Lipinski definition) is 1. The van der Waals surface area contributed by atoms with E-state index >= 15 is 0 Å². The molecule has 1 atom stereocenters. The van der Waals surface area contributed by atoms with Gasteiger partial charge >= 0.3 is 0 Å². The molecule has 0 saturated carbocycles. The van der Waals surface area contributed by atoms with Crippen molar-refractivity contribution < 1.29 is 4.79 Å². The van der Waals surface area contributed by atoms with E-state index in [0.717, 1.165) is 25.9 Å². The summed E-state index contributed by atoms with van der Waals surface area (Å²) in [4.78, 5) is 11.0. The van der Waals surface area contributed by atoms with Crippen LogP contribution in [-0.2, 0) is 0 Å². The van der Waals surface area contributed by atoms with E-state index in [4.69, 9.17) is 0 Å². The minimum Gasteiger partial charge on any atom is -0.315 e. The Hall–Kier alpha value is -1.23. The summed E-state index contributed by atoms with van der Waals surface area (Å²) in [6, 6.07) is 0.351. The van der Waals surface area contributed by atoms with Crippen LogP contribution in [0.25, 0.3) is 0 Å². The maximum atomic E-state index is 11.0. The third-order valence-electron chi connectivity index (χ3n) is 2.52. The minimum atomic E-state index is -0.0278. The fourth-order valence-electron chi connectivity index (χ4n) is 1.68. The number of nitrogens with one attached hydrogen (secondary N) is 1. The SMILES string of the molecule is CC(=O)c1cn(C2CCCNC2)nn1. The molecule has 76 valence electrons. The maximum Gasteiger partial charge on any atom is 0.181 e. The molecule has 0 bridgehead atoms. The first-order valence-electron chi connectivity index (χ1n) is 4.91. The summed E-state index contributed by atoms with van der Waals surface area (Å²) in [6.07, 6.45) is 3.99. The quantitative estimate of drug-likeness (QED) is 0.692. The van der Waals surface area contributed by atoms with Crippen molar-refractivity contribution in [1.29, 1.82) is 0 Å². The molecule has 1 aromatic rings. The zero-order valence-corrected chi connectivity index (χ0v) is 8.23. The van der Waals surface area contributed by atoms with Gasteiger partial charge in [-0.15, -0.1) is 5.10 Å². The van der Waals surface area contributed by atoms with Gasteiger partial charge in [0.05, 0.1) is 12.2 Å². The lowest BCUT2D eigenvalue weighted by molar-refractivity contribution is 0.101. The van der Waals surface area contributed by atoms with Gasteiger partial charge in [0.2, 0.25) is 0 Å². The van der Waals surface area contributed by atoms with Gasteiger partial charge in [-0.3, -0.25) is 4.79 Å². The summed E-state index contributed by atoms with van der Waals surface area (Å²) in [5, 5.41) is 11.1. The number of rotatable bonds is 2. The molecule has 1 saturated heterocycles. The van der Waals surface area contributed by atoms with Gasteiger partial charge in [0.15, 0.2) is 5.78 Å². The molecule has 0 aliphatic carbocycles. The summed E-state index contributed by atoms with van der Waals surface area (Å²) < 4.78 is 1.79. The highest BCUT2D eigenvalue weighted by Gasteiger charge is 2.17. The number of hydrogen-bond acceptors (Lipinski definition) is 4. The number of aromatic nitrogens is 3. The second-order valence-corrected chi connectivity index (χ2v) is 3.64. The Bertz CT molecular complexity index is 327. The Balaban J connectivity index is 2.11. The number of piperidine rings is 1. The Kier molecular flexibility index (Phi) is 2.58. The highest BCUT2D eigenvalue weighted by atomic mass is 16.1. The molecule has 0 radical (unpaired) electrons. The lowest BCUT2D eigenvalue weighted by Gasteiger charge is -2.22. The van der Waals surface area contributed by atoms with Crippen LogP contribution in [-0.4, -0.2) is 33.9 Å². The van der Waals surface area contributed by atoms with Crippen molar-refractivity contribution in [3.63, 3.8) is 0 Å². The first-order valence-corrected chi connectivity index (χ1v) is 4.91. The largest absolute Gasteiger partial charge is 0.315 e. The van der Waals surface area contributed by atoms with E-state index in [0.29, 0.717) is 11.7 Å². The van der Waals surface area contributed by atoms with Gasteiger partial charge in [0, 0.05) is 13.5 Å². The maximum absolute atomic E-state index is 11.0. The number of Topliss-reactive ketones (excluding diaryl/α,β-unsaturated/α-hetero) is 1. The van der Waals surface area contributed by atoms with Gasteiger partial charge < -0.3 is 5.32 Å². The molecule has 1 aliphatic rings. The van der Waals surface area contributed by atoms with Crippen LogP contribution < -0.4 is 5.32 Å². The minimum absolute atomic E-state index is 0.0278. The number of nitrogens with zero attached hydrogens (tertiary/aromatic N) is 3. The zero-order chi connectivity index (χ0) is 9.97. The molecule has 0 amide bonds. The predicted molar refractivity (Wildman–Crippen MR) is 51.2 cm³/mol. The predicted octanol–water partition coefficient (Wildman–Crippen LogP) is 0.405. The fourth-order valence-corrected chi connectivity index (χ4v) is 1.68. The first kappa shape index (κ1) is 9.33. The molecule has 2 rings (SSSR count). The van der Waals surface area contributed by atoms with Gasteiger partial charge in [-0.05, 0) is 19.4 Å². The molecule has 5 nitrogen and oxygen atoms in total. The normalized spacial score (nSPS) is 22.2. The molecule has 1 N–H and O–H groups in total. The van der Waals surface area contributed by atoms with Crippen molar-refractivity contribution in [2.45, 2.75) is 25.8 Å². The Morgan fingerprint density at radius 1 is 1.71 bits per heavy atom. The lowest BCUT2D eigenvalue weighted by atomic mass is 10.1. The summed E-state index contributed by atoms with van der Waals surface area (Å²) >= 11 is 0. The van der Waals surface area contributed by atoms with Crippen LogP contribution in [0.5, 0.6) is 0 Å². The number of ketones is 1. The molecular weight excluding hydrogens is 180 g/mol. The molecule has 0 spiro atoms. The molecule has 2 heterocycles. The lowest BCUT2D eigenvalue weighted by Crippen LogP contribution is -2.31. The van der Waals surface area contributed by atoms with Gasteiger partial charge in [-0.1, -0.05) is 5.21 Å². The second-order valence-electron chi connectivity index (χ2n) is 3.64. The Labute approximate surface area is 82.5 Å². The van der Waals surface area contributed by atoms with Crippen LogP contribution >= 0.6 is 0 Å². The highest BCUT2D eigenvalue weighted by Crippen LogP contribution is 2.15. The van der Waals surface area contributed by atoms with Crippen LogP contribution in [0.4, 0.5) is 0 Å². The van der Waals surface area contributed by atoms with E-state index < -0.39 is 0 Å². The topological polar surface area (TPSA) is 59.8 Å². The molecule has 14 heavy (non-hydrogen) atoms. The summed E-state index contributed by atoms with van der Waals surface area (Å²) in [6.45, 7) is 3.50. The van der Waals surface area contributed by atoms with Crippen LogP contribution in [0.15, 0.2) is 6.20 Å². The number of carbonyl (C=O) groups is 1. The van der Waals surface area contributed by atoms with E-state index in [1.165, 1.54) is 6.92 Å². The summed E-state index contributed by atoms with van der Waals surface area (Å²) in [5.41, 5.74) is 0.454. The summed E-state index contributed by atoms with van der Waals surface area (Å²) in [5.74, 6) is -0.0278. The molecule has 1 aromatic heterocycles. The smallest absolute Gasteiger partial charge is 0.181 e. The van der Waals surface area contributed by atoms with Crippen LogP contribution in [0.3, 0.4) is 0 Å². The van der Waals surface area contributed by atoms with Gasteiger partial charge in [-0.25, -0.2) is 4.68 Å². The molecule has 1 aliphatic heterocycles. The third-order valence-corrected chi connectivity index (χ3v) is 2.52. The van der Waals surface area contributed by atoms with Crippen molar-refractivity contribution in [3.8, 4) is 0 Å². The standard InChI is InChI=1S/C9H14N4O/c1-7(14)9-6-13(12-11-9)8-3-2-4-10-5-8/h6,8,10H,2-5H2,1H3. The first-order chi connectivity index (χ1) is 6.77. The van der Waals surface area contributed by atoms with Crippen LogP contribution in [0, 0.1) is 0 Å². The number of carbonyl (C=O) groups excluding carboxylic acids is 1. The van der Waals surface area contributed by atoms with E-state index in [1.807, 2.05) is 0 Å². The van der Waals surface area contributed by atoms with E-state index in [2.05, 4.69) is 15.6 Å². The molecule has 0 aromatic carbocycles. The Morgan fingerprint density at radius 2 is 2.57 bits per heavy atom. The second kappa shape index (κ2) is 3.88. The molecule has 1 unspecified atom stereocenters. The van der Waals surface area contributed by atoms with Crippen molar-refractivity contribution in [2.75, 3.05) is 13.1 Å².